The first-order valence-electron chi connectivity index (χ1n) is 9.28. The van der Waals surface area contributed by atoms with Gasteiger partial charge in [-0.1, -0.05) is 30.3 Å². The van der Waals surface area contributed by atoms with E-state index in [1.165, 1.54) is 28.8 Å². The number of aryl methyl sites for hydroxylation is 1. The van der Waals surface area contributed by atoms with Gasteiger partial charge >= 0.3 is 6.18 Å². The Morgan fingerprint density at radius 3 is 2.23 bits per heavy atom. The van der Waals surface area contributed by atoms with E-state index >= 15 is 0 Å². The van der Waals surface area contributed by atoms with Crippen molar-refractivity contribution >= 4 is 16.7 Å². The van der Waals surface area contributed by atoms with Crippen molar-refractivity contribution in [3.05, 3.63) is 77.9 Å². The van der Waals surface area contributed by atoms with Crippen LogP contribution in [-0.4, -0.2) is 24.6 Å². The van der Waals surface area contributed by atoms with E-state index < -0.39 is 17.6 Å². The molecule has 5 nitrogen and oxygen atoms in total. The molecule has 3 aromatic heterocycles. The highest BCUT2D eigenvalue weighted by molar-refractivity contribution is 5.94. The van der Waals surface area contributed by atoms with Crippen LogP contribution in [0.3, 0.4) is 0 Å². The van der Waals surface area contributed by atoms with E-state index in [2.05, 4.69) is 20.1 Å². The third kappa shape index (κ3) is 3.27. The minimum atomic E-state index is -4.66. The van der Waals surface area contributed by atoms with Crippen LogP contribution in [0.1, 0.15) is 11.4 Å². The average Bonchev–Trinajstić information content (AvgIpc) is 3.19. The maximum absolute atomic E-state index is 14.1. The number of aromatic nitrogens is 5. The molecule has 0 fully saturated rings. The van der Waals surface area contributed by atoms with Gasteiger partial charge in [0.05, 0.1) is 16.6 Å². The second-order valence-electron chi connectivity index (χ2n) is 6.95. The number of fused-ring (bicyclic) bond motifs is 3. The minimum Gasteiger partial charge on any atom is -0.228 e. The molecule has 0 saturated heterocycles. The molecule has 0 aliphatic heterocycles. The standard InChI is InChI=1S/C22H13F4N5/c1-12-27-20-18(21-29-19(30-31(12)21)14-7-9-15(23)10-8-14)16(22(24,25)26)11-17(28-20)13-5-3-2-4-6-13/h2-11H,1H3. The molecule has 0 atom stereocenters. The molecule has 2 aromatic carbocycles. The maximum Gasteiger partial charge on any atom is 0.417 e. The average molecular weight is 423 g/mol. The van der Waals surface area contributed by atoms with Gasteiger partial charge in [-0.2, -0.15) is 17.7 Å². The summed E-state index contributed by atoms with van der Waals surface area (Å²) in [5.74, 6) is 0.0552. The number of nitrogens with zero attached hydrogens (tertiary/aromatic N) is 5. The number of hydrogen-bond donors (Lipinski definition) is 0. The number of benzene rings is 2. The lowest BCUT2D eigenvalue weighted by molar-refractivity contribution is -0.136. The Balaban J connectivity index is 1.84. The van der Waals surface area contributed by atoms with Crippen LogP contribution < -0.4 is 0 Å². The highest BCUT2D eigenvalue weighted by Crippen LogP contribution is 2.38. The Bertz CT molecular complexity index is 1420. The van der Waals surface area contributed by atoms with Crippen LogP contribution in [0.5, 0.6) is 0 Å². The molecule has 0 saturated carbocycles. The molecular formula is C22H13F4N5. The summed E-state index contributed by atoms with van der Waals surface area (Å²) in [6.07, 6.45) is -4.66. The lowest BCUT2D eigenvalue weighted by Crippen LogP contribution is -2.10. The van der Waals surface area contributed by atoms with Crippen molar-refractivity contribution in [1.29, 1.82) is 0 Å². The first-order chi connectivity index (χ1) is 14.8. The van der Waals surface area contributed by atoms with Crippen molar-refractivity contribution in [2.45, 2.75) is 13.1 Å². The molecule has 5 aromatic rings. The number of alkyl halides is 3. The summed E-state index contributed by atoms with van der Waals surface area (Å²) in [6.45, 7) is 1.61. The SMILES string of the molecule is Cc1nc2nc(-c3ccccc3)cc(C(F)(F)F)c2c2nc(-c3ccc(F)cc3)nn12. The van der Waals surface area contributed by atoms with Crippen LogP contribution in [0.2, 0.25) is 0 Å². The van der Waals surface area contributed by atoms with Crippen LogP contribution in [0, 0.1) is 12.7 Å². The zero-order valence-electron chi connectivity index (χ0n) is 16.0. The van der Waals surface area contributed by atoms with Crippen molar-refractivity contribution in [1.82, 2.24) is 24.6 Å². The van der Waals surface area contributed by atoms with Crippen molar-refractivity contribution in [2.75, 3.05) is 0 Å². The fourth-order valence-electron chi connectivity index (χ4n) is 3.43. The summed E-state index contributed by atoms with van der Waals surface area (Å²) in [6, 6.07) is 15.0. The molecule has 0 bridgehead atoms. The van der Waals surface area contributed by atoms with Gasteiger partial charge in [-0.3, -0.25) is 0 Å². The van der Waals surface area contributed by atoms with E-state index in [9.17, 15) is 17.6 Å². The number of halogens is 4. The summed E-state index contributed by atoms with van der Waals surface area (Å²) in [4.78, 5) is 13.0. The second-order valence-corrected chi connectivity index (χ2v) is 6.95. The molecule has 0 unspecified atom stereocenters. The van der Waals surface area contributed by atoms with Crippen LogP contribution in [0.15, 0.2) is 60.7 Å². The lowest BCUT2D eigenvalue weighted by Gasteiger charge is -2.13. The van der Waals surface area contributed by atoms with Crippen molar-refractivity contribution in [3.8, 4) is 22.6 Å². The Hall–Kier alpha value is -3.88. The van der Waals surface area contributed by atoms with Crippen molar-refractivity contribution in [3.63, 3.8) is 0 Å². The molecule has 0 radical (unpaired) electrons. The number of pyridine rings is 1. The number of hydrogen-bond acceptors (Lipinski definition) is 4. The topological polar surface area (TPSA) is 56.0 Å². The molecule has 5 rings (SSSR count). The first kappa shape index (κ1) is 19.1. The van der Waals surface area contributed by atoms with Gasteiger partial charge in [0.1, 0.15) is 11.6 Å². The zero-order chi connectivity index (χ0) is 21.8. The quantitative estimate of drug-likeness (QED) is 0.353. The minimum absolute atomic E-state index is 0.0127. The van der Waals surface area contributed by atoms with Crippen molar-refractivity contribution < 1.29 is 17.6 Å². The van der Waals surface area contributed by atoms with Crippen molar-refractivity contribution in [2.24, 2.45) is 0 Å². The maximum atomic E-state index is 14.1. The van der Waals surface area contributed by atoms with Gasteiger partial charge in [0.2, 0.25) is 0 Å². The third-order valence-corrected chi connectivity index (χ3v) is 4.88. The Morgan fingerprint density at radius 1 is 0.839 bits per heavy atom. The van der Waals surface area contributed by atoms with Gasteiger partial charge in [0.15, 0.2) is 17.1 Å². The van der Waals surface area contributed by atoms with E-state index in [1.807, 2.05) is 0 Å². The highest BCUT2D eigenvalue weighted by Gasteiger charge is 2.35. The normalized spacial score (nSPS) is 12.0. The molecule has 0 amide bonds. The van der Waals surface area contributed by atoms with Gasteiger partial charge in [-0.05, 0) is 37.3 Å². The Labute approximate surface area is 173 Å². The van der Waals surface area contributed by atoms with E-state index in [4.69, 9.17) is 0 Å². The van der Waals surface area contributed by atoms with Crippen LogP contribution >= 0.6 is 0 Å². The summed E-state index contributed by atoms with van der Waals surface area (Å²) in [5.41, 5.74) is 0.197. The monoisotopic (exact) mass is 423 g/mol. The van der Waals surface area contributed by atoms with E-state index in [0.717, 1.165) is 6.07 Å². The predicted octanol–water partition coefficient (Wildman–Crippen LogP) is 5.47. The third-order valence-electron chi connectivity index (χ3n) is 4.88. The fraction of sp³-hybridized carbons (Fsp3) is 0.0909. The molecular weight excluding hydrogens is 410 g/mol. The van der Waals surface area contributed by atoms with Crippen LogP contribution in [-0.2, 0) is 6.18 Å². The second kappa shape index (κ2) is 6.83. The molecule has 31 heavy (non-hydrogen) atoms. The van der Waals surface area contributed by atoms with E-state index in [1.54, 1.807) is 37.3 Å². The summed E-state index contributed by atoms with van der Waals surface area (Å²) < 4.78 is 56.7. The van der Waals surface area contributed by atoms with Gasteiger partial charge in [0.25, 0.3) is 0 Å². The summed E-state index contributed by atoms with van der Waals surface area (Å²) in [7, 11) is 0. The predicted molar refractivity (Wildman–Crippen MR) is 107 cm³/mol. The Morgan fingerprint density at radius 2 is 1.55 bits per heavy atom. The molecule has 3 heterocycles. The van der Waals surface area contributed by atoms with E-state index in [-0.39, 0.29) is 28.2 Å². The van der Waals surface area contributed by atoms with Gasteiger partial charge in [0, 0.05) is 11.1 Å². The molecule has 154 valence electrons. The summed E-state index contributed by atoms with van der Waals surface area (Å²) >= 11 is 0. The smallest absolute Gasteiger partial charge is 0.228 e. The van der Waals surface area contributed by atoms with Gasteiger partial charge < -0.3 is 0 Å². The van der Waals surface area contributed by atoms with Gasteiger partial charge in [-0.15, -0.1) is 5.10 Å². The molecule has 0 aliphatic rings. The largest absolute Gasteiger partial charge is 0.417 e. The lowest BCUT2D eigenvalue weighted by atomic mass is 10.1. The fourth-order valence-corrected chi connectivity index (χ4v) is 3.43. The summed E-state index contributed by atoms with van der Waals surface area (Å²) in [5, 5.41) is 4.05. The molecule has 9 heteroatoms. The van der Waals surface area contributed by atoms with E-state index in [0.29, 0.717) is 17.0 Å². The molecule has 0 aliphatic carbocycles. The zero-order valence-corrected chi connectivity index (χ0v) is 16.0. The van der Waals surface area contributed by atoms with Gasteiger partial charge in [-0.25, -0.2) is 19.3 Å². The molecule has 0 spiro atoms. The van der Waals surface area contributed by atoms with Crippen LogP contribution in [0.25, 0.3) is 39.3 Å². The first-order valence-corrected chi connectivity index (χ1v) is 9.28. The number of rotatable bonds is 2. The highest BCUT2D eigenvalue weighted by atomic mass is 19.4. The van der Waals surface area contributed by atoms with Crippen LogP contribution in [0.4, 0.5) is 17.6 Å². The molecule has 0 N–H and O–H groups in total. The Kier molecular flexibility index (Phi) is 4.21.